The lowest BCUT2D eigenvalue weighted by Gasteiger charge is -2.13. The molecule has 16 heavy (non-hydrogen) atoms. The highest BCUT2D eigenvalue weighted by Gasteiger charge is 2.46. The first-order valence-corrected chi connectivity index (χ1v) is 5.53. The minimum Gasteiger partial charge on any atom is -0.461 e. The van der Waals surface area contributed by atoms with E-state index >= 15 is 0 Å². The van der Waals surface area contributed by atoms with Gasteiger partial charge in [-0.2, -0.15) is 5.10 Å². The summed E-state index contributed by atoms with van der Waals surface area (Å²) in [5.41, 5.74) is 1.34. The van der Waals surface area contributed by atoms with Crippen LogP contribution in [0.4, 0.5) is 0 Å². The van der Waals surface area contributed by atoms with E-state index in [9.17, 15) is 4.79 Å². The summed E-state index contributed by atoms with van der Waals surface area (Å²) in [6.45, 7) is 2.17. The third-order valence-electron chi connectivity index (χ3n) is 3.04. The van der Waals surface area contributed by atoms with Crippen molar-refractivity contribution in [3.05, 3.63) is 17.5 Å². The Bertz CT molecular complexity index is 407. The molecule has 1 aliphatic rings. The maximum Gasteiger partial charge on any atom is 0.359 e. The van der Waals surface area contributed by atoms with Crippen molar-refractivity contribution in [2.45, 2.75) is 25.3 Å². The maximum absolute atomic E-state index is 11.7. The van der Waals surface area contributed by atoms with E-state index in [1.54, 1.807) is 11.6 Å². The summed E-state index contributed by atoms with van der Waals surface area (Å²) in [5, 5.41) is 7.44. The molecule has 88 valence electrons. The molecular weight excluding hydrogens is 206 g/mol. The van der Waals surface area contributed by atoms with Gasteiger partial charge < -0.3 is 10.1 Å². The third kappa shape index (κ3) is 1.71. The lowest BCUT2D eigenvalue weighted by Crippen LogP contribution is -2.26. The van der Waals surface area contributed by atoms with E-state index in [0.717, 1.165) is 18.4 Å². The lowest BCUT2D eigenvalue weighted by atomic mass is 10.1. The number of esters is 1. The van der Waals surface area contributed by atoms with E-state index in [4.69, 9.17) is 4.74 Å². The number of hydrogen-bond acceptors (Lipinski definition) is 4. The molecule has 5 nitrogen and oxygen atoms in total. The van der Waals surface area contributed by atoms with E-state index in [0.29, 0.717) is 12.3 Å². The Morgan fingerprint density at radius 3 is 2.88 bits per heavy atom. The molecule has 0 spiro atoms. The van der Waals surface area contributed by atoms with Gasteiger partial charge in [-0.05, 0) is 26.8 Å². The molecule has 0 unspecified atom stereocenters. The van der Waals surface area contributed by atoms with Gasteiger partial charge in [0.25, 0.3) is 0 Å². The van der Waals surface area contributed by atoms with Crippen LogP contribution in [0.3, 0.4) is 0 Å². The monoisotopic (exact) mass is 223 g/mol. The largest absolute Gasteiger partial charge is 0.461 e. The highest BCUT2D eigenvalue weighted by Crippen LogP contribution is 2.46. The minimum absolute atomic E-state index is 0.0592. The van der Waals surface area contributed by atoms with Gasteiger partial charge in [0.05, 0.1) is 6.61 Å². The first-order valence-electron chi connectivity index (χ1n) is 5.53. The van der Waals surface area contributed by atoms with Crippen molar-refractivity contribution in [2.75, 3.05) is 13.7 Å². The molecule has 1 aliphatic carbocycles. The van der Waals surface area contributed by atoms with Crippen LogP contribution < -0.4 is 5.32 Å². The topological polar surface area (TPSA) is 56.1 Å². The van der Waals surface area contributed by atoms with Crippen LogP contribution in [0.15, 0.2) is 6.20 Å². The van der Waals surface area contributed by atoms with Gasteiger partial charge in [0, 0.05) is 24.3 Å². The van der Waals surface area contributed by atoms with Crippen LogP contribution in [0.1, 0.15) is 35.8 Å². The molecule has 0 aromatic carbocycles. The molecule has 2 rings (SSSR count). The van der Waals surface area contributed by atoms with Gasteiger partial charge in [0.1, 0.15) is 0 Å². The van der Waals surface area contributed by atoms with Crippen LogP contribution in [-0.4, -0.2) is 29.4 Å². The molecule has 0 radical (unpaired) electrons. The molecule has 0 atom stereocenters. The van der Waals surface area contributed by atoms with E-state index in [-0.39, 0.29) is 11.5 Å². The van der Waals surface area contributed by atoms with E-state index in [2.05, 4.69) is 10.4 Å². The summed E-state index contributed by atoms with van der Waals surface area (Å²) in [4.78, 5) is 11.7. The average molecular weight is 223 g/mol. The molecule has 1 heterocycles. The van der Waals surface area contributed by atoms with Gasteiger partial charge in [-0.25, -0.2) is 4.79 Å². The van der Waals surface area contributed by atoms with Crippen LogP contribution in [0.25, 0.3) is 0 Å². The number of aromatic nitrogens is 2. The van der Waals surface area contributed by atoms with Gasteiger partial charge in [-0.1, -0.05) is 0 Å². The zero-order valence-corrected chi connectivity index (χ0v) is 9.91. The average Bonchev–Trinajstić information content (AvgIpc) is 2.96. The first-order chi connectivity index (χ1) is 7.63. The van der Waals surface area contributed by atoms with Crippen LogP contribution >= 0.6 is 0 Å². The minimum atomic E-state index is -0.334. The van der Waals surface area contributed by atoms with Crippen LogP contribution in [0.2, 0.25) is 0 Å². The molecule has 5 heteroatoms. The molecule has 1 aromatic heterocycles. The van der Waals surface area contributed by atoms with E-state index in [1.807, 2.05) is 20.3 Å². The molecule has 1 saturated carbocycles. The lowest BCUT2D eigenvalue weighted by molar-refractivity contribution is 0.0516. The smallest absolute Gasteiger partial charge is 0.359 e. The fraction of sp³-hybridized carbons (Fsp3) is 0.636. The number of carbonyl (C=O) groups excluding carboxylic acids is 1. The Morgan fingerprint density at radius 2 is 2.38 bits per heavy atom. The molecule has 1 fully saturated rings. The Kier molecular flexibility index (Phi) is 2.71. The molecule has 0 aliphatic heterocycles. The summed E-state index contributed by atoms with van der Waals surface area (Å²) in [5.74, 6) is -0.334. The Morgan fingerprint density at radius 1 is 1.69 bits per heavy atom. The second kappa shape index (κ2) is 3.90. The summed E-state index contributed by atoms with van der Waals surface area (Å²) < 4.78 is 6.67. The van der Waals surface area contributed by atoms with Gasteiger partial charge in [-0.15, -0.1) is 0 Å². The zero-order chi connectivity index (χ0) is 11.8. The van der Waals surface area contributed by atoms with Crippen LogP contribution in [0.5, 0.6) is 0 Å². The molecule has 0 amide bonds. The van der Waals surface area contributed by atoms with Crippen LogP contribution in [0, 0.1) is 0 Å². The second-order valence-corrected chi connectivity index (χ2v) is 4.12. The third-order valence-corrected chi connectivity index (χ3v) is 3.04. The van der Waals surface area contributed by atoms with Gasteiger partial charge >= 0.3 is 5.97 Å². The predicted octanol–water partition coefficient (Wildman–Crippen LogP) is 0.805. The van der Waals surface area contributed by atoms with Crippen LogP contribution in [-0.2, 0) is 17.3 Å². The van der Waals surface area contributed by atoms with Gasteiger partial charge in [-0.3, -0.25) is 4.68 Å². The van der Waals surface area contributed by atoms with Crippen molar-refractivity contribution in [1.29, 1.82) is 0 Å². The fourth-order valence-electron chi connectivity index (χ4n) is 1.97. The van der Waals surface area contributed by atoms with Crippen molar-refractivity contribution in [3.63, 3.8) is 0 Å². The number of hydrogen-bond donors (Lipinski definition) is 1. The van der Waals surface area contributed by atoms with Gasteiger partial charge in [0.2, 0.25) is 0 Å². The fourth-order valence-corrected chi connectivity index (χ4v) is 1.97. The predicted molar refractivity (Wildman–Crippen MR) is 59.1 cm³/mol. The molecule has 1 aromatic rings. The Balaban J connectivity index is 2.34. The summed E-state index contributed by atoms with van der Waals surface area (Å²) in [6, 6.07) is 0. The summed E-state index contributed by atoms with van der Waals surface area (Å²) >= 11 is 0. The van der Waals surface area contributed by atoms with Crippen molar-refractivity contribution in [1.82, 2.24) is 15.1 Å². The van der Waals surface area contributed by atoms with E-state index < -0.39 is 0 Å². The summed E-state index contributed by atoms with van der Waals surface area (Å²) in [7, 11) is 3.73. The number of nitrogens with zero attached hydrogens (tertiary/aromatic N) is 2. The van der Waals surface area contributed by atoms with Crippen molar-refractivity contribution in [2.24, 2.45) is 7.05 Å². The van der Waals surface area contributed by atoms with Crippen molar-refractivity contribution in [3.8, 4) is 0 Å². The number of ether oxygens (including phenoxy) is 1. The molecule has 0 bridgehead atoms. The van der Waals surface area contributed by atoms with Crippen molar-refractivity contribution >= 4 is 5.97 Å². The molecule has 1 N–H and O–H groups in total. The highest BCUT2D eigenvalue weighted by molar-refractivity contribution is 5.89. The SMILES string of the molecule is CCOC(=O)c1nn(C)cc1C1(NC)CC1. The standard InChI is InChI=1S/C11H17N3O2/c1-4-16-10(15)9-8(7-14(3)13-9)11(12-2)5-6-11/h7,12H,4-6H2,1-3H3. The Hall–Kier alpha value is -1.36. The molecular formula is C11H17N3O2. The first kappa shape index (κ1) is 11.1. The zero-order valence-electron chi connectivity index (χ0n) is 9.91. The maximum atomic E-state index is 11.7. The number of carbonyl (C=O) groups is 1. The number of nitrogens with one attached hydrogen (secondary N) is 1. The van der Waals surface area contributed by atoms with Gasteiger partial charge in [0.15, 0.2) is 5.69 Å². The second-order valence-electron chi connectivity index (χ2n) is 4.12. The normalized spacial score (nSPS) is 17.2. The number of rotatable bonds is 4. The quantitative estimate of drug-likeness (QED) is 0.767. The van der Waals surface area contributed by atoms with E-state index in [1.165, 1.54) is 0 Å². The Labute approximate surface area is 94.8 Å². The summed E-state index contributed by atoms with van der Waals surface area (Å²) in [6.07, 6.45) is 3.99. The highest BCUT2D eigenvalue weighted by atomic mass is 16.5. The number of aryl methyl sites for hydroxylation is 1. The molecule has 0 saturated heterocycles. The van der Waals surface area contributed by atoms with Crippen molar-refractivity contribution < 1.29 is 9.53 Å².